The summed E-state index contributed by atoms with van der Waals surface area (Å²) >= 11 is 0. The van der Waals surface area contributed by atoms with Gasteiger partial charge in [0.1, 0.15) is 12.4 Å². The van der Waals surface area contributed by atoms with Gasteiger partial charge in [-0.15, -0.1) is 0 Å². The molecule has 0 bridgehead atoms. The van der Waals surface area contributed by atoms with Gasteiger partial charge in [-0.2, -0.15) is 8.42 Å². The molecule has 0 amide bonds. The summed E-state index contributed by atoms with van der Waals surface area (Å²) in [5.41, 5.74) is 0. The molecule has 0 aliphatic heterocycles. The van der Waals surface area contributed by atoms with Crippen molar-refractivity contribution in [2.75, 3.05) is 0 Å². The lowest BCUT2D eigenvalue weighted by Gasteiger charge is -2.08. The number of rotatable bonds is 4. The molecule has 1 atom stereocenters. The predicted octanol–water partition coefficient (Wildman–Crippen LogP) is 0.0406. The van der Waals surface area contributed by atoms with E-state index in [-0.39, 0.29) is 0 Å². The molecule has 0 radical (unpaired) electrons. The fourth-order valence-electron chi connectivity index (χ4n) is 1.11. The fraction of sp³-hybridized carbons (Fsp3) is 0.571. The average molecular weight is 221 g/mol. The molecule has 0 spiro atoms. The lowest BCUT2D eigenvalue weighted by atomic mass is 10.4. The minimum Gasteiger partial charge on any atom is -0.263 e. The molecule has 1 N–H and O–H groups in total. The van der Waals surface area contributed by atoms with E-state index in [2.05, 4.69) is 4.18 Å². The van der Waals surface area contributed by atoms with Crippen LogP contribution in [-0.4, -0.2) is 17.5 Å². The van der Waals surface area contributed by atoms with Gasteiger partial charge in [0, 0.05) is 6.42 Å². The van der Waals surface area contributed by atoms with Gasteiger partial charge >= 0.3 is 10.4 Å². The van der Waals surface area contributed by atoms with Crippen molar-refractivity contribution in [3.8, 4) is 0 Å². The maximum Gasteiger partial charge on any atom is 0.401 e. The van der Waals surface area contributed by atoms with Crippen molar-refractivity contribution >= 4 is 10.4 Å². The van der Waals surface area contributed by atoms with Crippen LogP contribution in [0.5, 0.6) is 0 Å². The molecule has 0 saturated heterocycles. The Labute approximate surface area is 82.7 Å². The van der Waals surface area contributed by atoms with Crippen molar-refractivity contribution in [2.24, 2.45) is 7.05 Å². The summed E-state index contributed by atoms with van der Waals surface area (Å²) in [6.07, 6.45) is 4.81. The molecule has 0 fully saturated rings. The molecule has 1 rings (SSSR count). The van der Waals surface area contributed by atoms with Crippen LogP contribution < -0.4 is 4.57 Å². The van der Waals surface area contributed by atoms with Crippen molar-refractivity contribution in [3.63, 3.8) is 0 Å². The Morgan fingerprint density at radius 2 is 2.29 bits per heavy atom. The standard InChI is InChI=1S/C7H12N2O4S/c1-3-7(13-14(10,11)12)9-5-4-8(2)6-9/h4-7H,3H2,1-2H3/p+1. The van der Waals surface area contributed by atoms with Crippen molar-refractivity contribution in [3.05, 3.63) is 18.7 Å². The monoisotopic (exact) mass is 221 g/mol. The van der Waals surface area contributed by atoms with E-state index in [1.807, 2.05) is 0 Å². The molecule has 0 aliphatic rings. The minimum atomic E-state index is -4.40. The van der Waals surface area contributed by atoms with E-state index in [9.17, 15) is 8.42 Å². The van der Waals surface area contributed by atoms with Crippen LogP contribution in [-0.2, 0) is 21.6 Å². The minimum absolute atomic E-state index is 0.439. The normalized spacial score (nSPS) is 14.2. The zero-order chi connectivity index (χ0) is 10.8. The maximum atomic E-state index is 10.5. The van der Waals surface area contributed by atoms with E-state index in [1.165, 1.54) is 0 Å². The second-order valence-corrected chi connectivity index (χ2v) is 3.96. The van der Waals surface area contributed by atoms with Crippen LogP contribution in [0.3, 0.4) is 0 Å². The van der Waals surface area contributed by atoms with Gasteiger partial charge in [0.15, 0.2) is 0 Å². The Balaban J connectivity index is 2.83. The smallest absolute Gasteiger partial charge is 0.263 e. The number of aryl methyl sites for hydroxylation is 1. The van der Waals surface area contributed by atoms with Gasteiger partial charge < -0.3 is 0 Å². The van der Waals surface area contributed by atoms with Crippen molar-refractivity contribution in [1.82, 2.24) is 4.57 Å². The zero-order valence-corrected chi connectivity index (χ0v) is 8.81. The van der Waals surface area contributed by atoms with Gasteiger partial charge in [0.25, 0.3) is 0 Å². The molecule has 0 aliphatic carbocycles. The topological polar surface area (TPSA) is 72.4 Å². The van der Waals surface area contributed by atoms with Gasteiger partial charge in [0.05, 0.1) is 7.05 Å². The van der Waals surface area contributed by atoms with E-state index < -0.39 is 16.6 Å². The summed E-state index contributed by atoms with van der Waals surface area (Å²) in [7, 11) is -2.60. The molecular weight excluding hydrogens is 208 g/mol. The third-order valence-corrected chi connectivity index (χ3v) is 2.17. The molecule has 1 aromatic heterocycles. The number of nitrogens with zero attached hydrogens (tertiary/aromatic N) is 2. The first-order chi connectivity index (χ1) is 6.42. The van der Waals surface area contributed by atoms with Crippen LogP contribution in [0.15, 0.2) is 18.7 Å². The molecule has 1 unspecified atom stereocenters. The first-order valence-electron chi connectivity index (χ1n) is 4.11. The van der Waals surface area contributed by atoms with Crippen LogP contribution in [0.2, 0.25) is 0 Å². The van der Waals surface area contributed by atoms with E-state index in [1.54, 1.807) is 41.8 Å². The largest absolute Gasteiger partial charge is 0.401 e. The Morgan fingerprint density at radius 1 is 1.64 bits per heavy atom. The zero-order valence-electron chi connectivity index (χ0n) is 7.99. The molecule has 14 heavy (non-hydrogen) atoms. The SMILES string of the molecule is CCC(OS(=O)(=O)O)n1cc[n+](C)c1. The number of imidazole rings is 1. The highest BCUT2D eigenvalue weighted by Crippen LogP contribution is 2.13. The molecule has 1 heterocycles. The first-order valence-corrected chi connectivity index (χ1v) is 5.47. The van der Waals surface area contributed by atoms with Gasteiger partial charge in [-0.25, -0.2) is 13.3 Å². The van der Waals surface area contributed by atoms with Crippen LogP contribution in [0.1, 0.15) is 19.6 Å². The van der Waals surface area contributed by atoms with E-state index in [0.717, 1.165) is 0 Å². The Morgan fingerprint density at radius 3 is 2.64 bits per heavy atom. The number of aromatic nitrogens is 2. The maximum absolute atomic E-state index is 10.5. The lowest BCUT2D eigenvalue weighted by Crippen LogP contribution is -2.25. The molecular formula is C7H13N2O4S+. The summed E-state index contributed by atoms with van der Waals surface area (Å²) in [6.45, 7) is 1.76. The third kappa shape index (κ3) is 3.09. The van der Waals surface area contributed by atoms with Gasteiger partial charge in [0.2, 0.25) is 12.6 Å². The summed E-state index contributed by atoms with van der Waals surface area (Å²) < 4.78 is 37.3. The summed E-state index contributed by atoms with van der Waals surface area (Å²) in [5.74, 6) is 0. The molecule has 0 aromatic carbocycles. The molecule has 7 heteroatoms. The Bertz CT molecular complexity index is 398. The second kappa shape index (κ2) is 4.07. The Kier molecular flexibility index (Phi) is 3.25. The van der Waals surface area contributed by atoms with Gasteiger partial charge in [-0.1, -0.05) is 6.92 Å². The van der Waals surface area contributed by atoms with Crippen molar-refractivity contribution in [1.29, 1.82) is 0 Å². The van der Waals surface area contributed by atoms with Gasteiger partial charge in [-0.3, -0.25) is 4.55 Å². The number of hydrogen-bond acceptors (Lipinski definition) is 3. The quantitative estimate of drug-likeness (QED) is 0.575. The van der Waals surface area contributed by atoms with Crippen LogP contribution >= 0.6 is 0 Å². The van der Waals surface area contributed by atoms with E-state index in [4.69, 9.17) is 4.55 Å². The highest BCUT2D eigenvalue weighted by molar-refractivity contribution is 7.80. The van der Waals surface area contributed by atoms with Crippen LogP contribution in [0.4, 0.5) is 0 Å². The number of hydrogen-bond donors (Lipinski definition) is 1. The third-order valence-electron chi connectivity index (χ3n) is 1.70. The summed E-state index contributed by atoms with van der Waals surface area (Å²) in [4.78, 5) is 0. The first kappa shape index (κ1) is 11.2. The molecule has 1 aromatic rings. The van der Waals surface area contributed by atoms with Gasteiger partial charge in [-0.05, 0) is 0 Å². The molecule has 6 nitrogen and oxygen atoms in total. The van der Waals surface area contributed by atoms with Crippen LogP contribution in [0, 0.1) is 0 Å². The van der Waals surface area contributed by atoms with Crippen molar-refractivity contribution < 1.29 is 21.7 Å². The fourth-order valence-corrected chi connectivity index (χ4v) is 1.62. The Hall–Kier alpha value is -0.920. The average Bonchev–Trinajstić information content (AvgIpc) is 2.46. The lowest BCUT2D eigenvalue weighted by molar-refractivity contribution is -0.671. The highest BCUT2D eigenvalue weighted by atomic mass is 32.3. The second-order valence-electron chi connectivity index (χ2n) is 2.91. The molecule has 0 saturated carbocycles. The summed E-state index contributed by atoms with van der Waals surface area (Å²) in [5, 5.41) is 0. The predicted molar refractivity (Wildman–Crippen MR) is 47.6 cm³/mol. The van der Waals surface area contributed by atoms with Crippen LogP contribution in [0.25, 0.3) is 0 Å². The summed E-state index contributed by atoms with van der Waals surface area (Å²) in [6, 6.07) is 0. The molecule has 80 valence electrons. The highest BCUT2D eigenvalue weighted by Gasteiger charge is 2.21. The van der Waals surface area contributed by atoms with Crippen molar-refractivity contribution in [2.45, 2.75) is 19.6 Å². The van der Waals surface area contributed by atoms with E-state index >= 15 is 0 Å². The van der Waals surface area contributed by atoms with E-state index in [0.29, 0.717) is 6.42 Å².